The highest BCUT2D eigenvalue weighted by Crippen LogP contribution is 2.22. The third-order valence-electron chi connectivity index (χ3n) is 2.77. The van der Waals surface area contributed by atoms with Crippen molar-refractivity contribution in [2.45, 2.75) is 12.3 Å². The number of thiazole rings is 1. The van der Waals surface area contributed by atoms with E-state index in [-0.39, 0.29) is 10.9 Å². The van der Waals surface area contributed by atoms with E-state index in [0.29, 0.717) is 16.2 Å². The molecule has 0 saturated heterocycles. The van der Waals surface area contributed by atoms with Crippen LogP contribution in [0.2, 0.25) is 0 Å². The minimum Gasteiger partial charge on any atom is -0.267 e. The van der Waals surface area contributed by atoms with E-state index in [2.05, 4.69) is 9.97 Å². The zero-order valence-corrected chi connectivity index (χ0v) is 11.6. The van der Waals surface area contributed by atoms with E-state index in [4.69, 9.17) is 11.6 Å². The number of nitrogens with zero attached hydrogens (tertiary/aromatic N) is 3. The molecule has 0 saturated carbocycles. The van der Waals surface area contributed by atoms with Crippen molar-refractivity contribution < 1.29 is 0 Å². The van der Waals surface area contributed by atoms with Crippen molar-refractivity contribution in [3.63, 3.8) is 0 Å². The standard InChI is InChI=1S/C13H10ClN3OS/c1-8(14)12-16-11-10(19-7-15-11)13(18)17(12)9-5-3-2-4-6-9/h2-8H,1H3. The van der Waals surface area contributed by atoms with Crippen LogP contribution < -0.4 is 5.56 Å². The number of benzene rings is 1. The number of aromatic nitrogens is 3. The van der Waals surface area contributed by atoms with Gasteiger partial charge in [0.25, 0.3) is 5.56 Å². The Morgan fingerprint density at radius 3 is 2.74 bits per heavy atom. The lowest BCUT2D eigenvalue weighted by molar-refractivity contribution is 0.814. The van der Waals surface area contributed by atoms with Gasteiger partial charge in [-0.25, -0.2) is 9.97 Å². The molecule has 0 aliphatic heterocycles. The predicted molar refractivity (Wildman–Crippen MR) is 77.3 cm³/mol. The van der Waals surface area contributed by atoms with E-state index in [9.17, 15) is 4.79 Å². The van der Waals surface area contributed by atoms with Crippen molar-refractivity contribution >= 4 is 33.3 Å². The average Bonchev–Trinajstić information content (AvgIpc) is 2.88. The van der Waals surface area contributed by atoms with Gasteiger partial charge in [-0.05, 0) is 19.1 Å². The first-order chi connectivity index (χ1) is 9.18. The molecule has 0 spiro atoms. The minimum atomic E-state index is -0.376. The Kier molecular flexibility index (Phi) is 3.08. The SMILES string of the molecule is CC(Cl)c1nc2ncsc2c(=O)n1-c1ccccc1. The zero-order chi connectivity index (χ0) is 13.4. The van der Waals surface area contributed by atoms with Crippen molar-refractivity contribution in [1.82, 2.24) is 14.5 Å². The summed E-state index contributed by atoms with van der Waals surface area (Å²) in [5, 5.41) is -0.376. The highest BCUT2D eigenvalue weighted by Gasteiger charge is 2.17. The average molecular weight is 292 g/mol. The number of alkyl halides is 1. The van der Waals surface area contributed by atoms with Gasteiger partial charge >= 0.3 is 0 Å². The van der Waals surface area contributed by atoms with Crippen molar-refractivity contribution in [3.05, 3.63) is 52.0 Å². The summed E-state index contributed by atoms with van der Waals surface area (Å²) in [4.78, 5) is 21.0. The molecular weight excluding hydrogens is 282 g/mol. The van der Waals surface area contributed by atoms with Gasteiger partial charge in [-0.1, -0.05) is 18.2 Å². The van der Waals surface area contributed by atoms with E-state index in [1.54, 1.807) is 17.0 Å². The smallest absolute Gasteiger partial charge is 0.267 e. The molecule has 0 bridgehead atoms. The molecule has 4 nitrogen and oxygen atoms in total. The Morgan fingerprint density at radius 2 is 2.05 bits per heavy atom. The molecular formula is C13H10ClN3OS. The fourth-order valence-electron chi connectivity index (χ4n) is 1.92. The largest absolute Gasteiger partial charge is 0.277 e. The first-order valence-electron chi connectivity index (χ1n) is 5.74. The summed E-state index contributed by atoms with van der Waals surface area (Å²) >= 11 is 7.44. The van der Waals surface area contributed by atoms with Crippen LogP contribution >= 0.6 is 22.9 Å². The van der Waals surface area contributed by atoms with E-state index in [0.717, 1.165) is 5.69 Å². The number of hydrogen-bond donors (Lipinski definition) is 0. The monoisotopic (exact) mass is 291 g/mol. The molecule has 19 heavy (non-hydrogen) atoms. The molecule has 6 heteroatoms. The van der Waals surface area contributed by atoms with Gasteiger partial charge in [0.2, 0.25) is 0 Å². The molecule has 2 aromatic heterocycles. The molecule has 0 fully saturated rings. The van der Waals surface area contributed by atoms with Crippen LogP contribution in [0.15, 0.2) is 40.6 Å². The van der Waals surface area contributed by atoms with E-state index < -0.39 is 0 Å². The van der Waals surface area contributed by atoms with Crippen LogP contribution in [0.25, 0.3) is 16.0 Å². The quantitative estimate of drug-likeness (QED) is 0.682. The van der Waals surface area contributed by atoms with E-state index in [1.807, 2.05) is 30.3 Å². The van der Waals surface area contributed by atoms with Gasteiger partial charge in [0.15, 0.2) is 5.65 Å². The number of halogens is 1. The third-order valence-corrected chi connectivity index (χ3v) is 3.76. The Labute approximate surface area is 118 Å². The van der Waals surface area contributed by atoms with E-state index >= 15 is 0 Å². The Balaban J connectivity index is 2.41. The summed E-state index contributed by atoms with van der Waals surface area (Å²) in [6.45, 7) is 1.79. The number of para-hydroxylation sites is 1. The molecule has 1 unspecified atom stereocenters. The third kappa shape index (κ3) is 2.05. The number of hydrogen-bond acceptors (Lipinski definition) is 4. The molecule has 0 N–H and O–H groups in total. The second-order valence-electron chi connectivity index (χ2n) is 4.07. The summed E-state index contributed by atoms with van der Waals surface area (Å²) in [5.74, 6) is 0.510. The lowest BCUT2D eigenvalue weighted by Gasteiger charge is -2.13. The maximum Gasteiger partial charge on any atom is 0.277 e. The summed E-state index contributed by atoms with van der Waals surface area (Å²) < 4.78 is 2.10. The Hall–Kier alpha value is -1.72. The lowest BCUT2D eigenvalue weighted by atomic mass is 10.3. The normalized spacial score (nSPS) is 12.7. The second kappa shape index (κ2) is 4.75. The fourth-order valence-corrected chi connectivity index (χ4v) is 2.72. The maximum absolute atomic E-state index is 12.6. The molecule has 0 aliphatic carbocycles. The summed E-state index contributed by atoms with van der Waals surface area (Å²) in [7, 11) is 0. The van der Waals surface area contributed by atoms with Gasteiger partial charge in [0.1, 0.15) is 10.5 Å². The molecule has 0 radical (unpaired) electrons. The van der Waals surface area contributed by atoms with Crippen LogP contribution in [-0.2, 0) is 0 Å². The first-order valence-corrected chi connectivity index (χ1v) is 7.05. The molecule has 1 aromatic carbocycles. The van der Waals surface area contributed by atoms with Crippen LogP contribution in [0.3, 0.4) is 0 Å². The molecule has 96 valence electrons. The molecule has 3 aromatic rings. The van der Waals surface area contributed by atoms with Crippen molar-refractivity contribution in [2.24, 2.45) is 0 Å². The van der Waals surface area contributed by atoms with Gasteiger partial charge in [0, 0.05) is 0 Å². The highest BCUT2D eigenvalue weighted by molar-refractivity contribution is 7.16. The van der Waals surface area contributed by atoms with Gasteiger partial charge in [-0.15, -0.1) is 22.9 Å². The minimum absolute atomic E-state index is 0.124. The second-order valence-corrected chi connectivity index (χ2v) is 5.58. The summed E-state index contributed by atoms with van der Waals surface area (Å²) in [5.41, 5.74) is 2.72. The van der Waals surface area contributed by atoms with Gasteiger partial charge in [-0.2, -0.15) is 0 Å². The van der Waals surface area contributed by atoms with Crippen LogP contribution in [0.4, 0.5) is 0 Å². The first kappa shape index (κ1) is 12.3. The number of fused-ring (bicyclic) bond motifs is 1. The van der Waals surface area contributed by atoms with Crippen molar-refractivity contribution in [1.29, 1.82) is 0 Å². The summed E-state index contributed by atoms with van der Waals surface area (Å²) in [6.07, 6.45) is 0. The highest BCUT2D eigenvalue weighted by atomic mass is 35.5. The topological polar surface area (TPSA) is 47.8 Å². The maximum atomic E-state index is 12.6. The van der Waals surface area contributed by atoms with Crippen molar-refractivity contribution in [3.8, 4) is 5.69 Å². The van der Waals surface area contributed by atoms with Gasteiger partial charge < -0.3 is 0 Å². The predicted octanol–water partition coefficient (Wildman–Crippen LogP) is 3.14. The van der Waals surface area contributed by atoms with Crippen LogP contribution in [0.1, 0.15) is 18.1 Å². The van der Waals surface area contributed by atoms with Crippen LogP contribution in [-0.4, -0.2) is 14.5 Å². The van der Waals surface area contributed by atoms with Crippen LogP contribution in [0, 0.1) is 0 Å². The molecule has 0 aliphatic rings. The molecule has 1 atom stereocenters. The molecule has 0 amide bonds. The molecule has 2 heterocycles. The lowest BCUT2D eigenvalue weighted by Crippen LogP contribution is -2.23. The van der Waals surface area contributed by atoms with Crippen LogP contribution in [0.5, 0.6) is 0 Å². The van der Waals surface area contributed by atoms with Gasteiger partial charge in [-0.3, -0.25) is 9.36 Å². The van der Waals surface area contributed by atoms with E-state index in [1.165, 1.54) is 11.3 Å². The molecule has 3 rings (SSSR count). The fraction of sp³-hybridized carbons (Fsp3) is 0.154. The Bertz CT molecular complexity index is 779. The zero-order valence-electron chi connectivity index (χ0n) is 10.1. The number of rotatable bonds is 2. The summed E-state index contributed by atoms with van der Waals surface area (Å²) in [6, 6.07) is 9.37. The van der Waals surface area contributed by atoms with Crippen molar-refractivity contribution in [2.75, 3.05) is 0 Å². The Morgan fingerprint density at radius 1 is 1.32 bits per heavy atom. The van der Waals surface area contributed by atoms with Gasteiger partial charge in [0.05, 0.1) is 16.6 Å².